The molecule has 0 spiro atoms. The van der Waals surface area contributed by atoms with Gasteiger partial charge in [0.2, 0.25) is 5.91 Å². The number of rotatable bonds is 4. The highest BCUT2D eigenvalue weighted by Crippen LogP contribution is 2.26. The lowest BCUT2D eigenvalue weighted by atomic mass is 9.95. The van der Waals surface area contributed by atoms with Crippen molar-refractivity contribution >= 4 is 22.9 Å². The molecule has 4 rings (SSSR count). The summed E-state index contributed by atoms with van der Waals surface area (Å²) in [6.45, 7) is 8.16. The molecule has 0 aliphatic carbocycles. The van der Waals surface area contributed by atoms with Gasteiger partial charge in [0, 0.05) is 66.9 Å². The van der Waals surface area contributed by atoms with Gasteiger partial charge in [0.1, 0.15) is 0 Å². The fourth-order valence-corrected chi connectivity index (χ4v) is 3.92. The Morgan fingerprint density at radius 1 is 1.28 bits per heavy atom. The number of amides is 1. The smallest absolute Gasteiger partial charge is 0.229 e. The molecule has 0 saturated heterocycles. The molecule has 1 aliphatic rings. The van der Waals surface area contributed by atoms with Crippen molar-refractivity contribution in [2.45, 2.75) is 40.3 Å². The maximum Gasteiger partial charge on any atom is 0.229 e. The van der Waals surface area contributed by atoms with E-state index < -0.39 is 5.41 Å². The molecule has 6 nitrogen and oxygen atoms in total. The number of fused-ring (bicyclic) bond motifs is 1. The van der Waals surface area contributed by atoms with Crippen LogP contribution in [-0.2, 0) is 24.3 Å². The molecule has 0 unspecified atom stereocenters. The van der Waals surface area contributed by atoms with Gasteiger partial charge in [-0.15, -0.1) is 11.3 Å². The summed E-state index contributed by atoms with van der Waals surface area (Å²) in [6, 6.07) is 5.94. The summed E-state index contributed by atoms with van der Waals surface area (Å²) in [4.78, 5) is 29.5. The third-order valence-corrected chi connectivity index (χ3v) is 5.85. The van der Waals surface area contributed by atoms with Crippen LogP contribution < -0.4 is 5.32 Å². The third kappa shape index (κ3) is 4.52. The molecule has 1 N–H and O–H groups in total. The van der Waals surface area contributed by atoms with Gasteiger partial charge in [-0.3, -0.25) is 14.7 Å². The van der Waals surface area contributed by atoms with Crippen molar-refractivity contribution in [2.75, 3.05) is 11.9 Å². The average molecular weight is 408 g/mol. The highest BCUT2D eigenvalue weighted by Gasteiger charge is 2.23. The van der Waals surface area contributed by atoms with Gasteiger partial charge < -0.3 is 5.32 Å². The Balaban J connectivity index is 1.48. The lowest BCUT2D eigenvalue weighted by Crippen LogP contribution is -2.32. The summed E-state index contributed by atoms with van der Waals surface area (Å²) in [5, 5.41) is 5.10. The van der Waals surface area contributed by atoms with Crippen LogP contribution >= 0.6 is 11.3 Å². The summed E-state index contributed by atoms with van der Waals surface area (Å²) in [7, 11) is 0. The maximum absolute atomic E-state index is 12.4. The van der Waals surface area contributed by atoms with Gasteiger partial charge in [0.15, 0.2) is 5.82 Å². The minimum Gasteiger partial charge on any atom is -0.325 e. The second-order valence-corrected chi connectivity index (χ2v) is 9.29. The molecular weight excluding hydrogens is 382 g/mol. The number of hydrogen-bond acceptors (Lipinski definition) is 6. The van der Waals surface area contributed by atoms with E-state index in [4.69, 9.17) is 4.98 Å². The Morgan fingerprint density at radius 3 is 2.90 bits per heavy atom. The Hall–Kier alpha value is -2.64. The van der Waals surface area contributed by atoms with E-state index in [1.54, 1.807) is 17.5 Å². The molecule has 0 aromatic carbocycles. The zero-order valence-corrected chi connectivity index (χ0v) is 17.8. The molecule has 0 fully saturated rings. The summed E-state index contributed by atoms with van der Waals surface area (Å²) in [5.41, 5.74) is 3.70. The normalized spacial score (nSPS) is 14.4. The van der Waals surface area contributed by atoms with Gasteiger partial charge in [-0.2, -0.15) is 0 Å². The zero-order chi connectivity index (χ0) is 20.4. The SMILES string of the molecule is CC(C)(C)C(=O)Nc1ccncc1CN1CCc2nc(-c3cccs3)ncc2C1. The van der Waals surface area contributed by atoms with Gasteiger partial charge in [-0.1, -0.05) is 26.8 Å². The lowest BCUT2D eigenvalue weighted by Gasteiger charge is -2.29. The van der Waals surface area contributed by atoms with Crippen LogP contribution in [0.5, 0.6) is 0 Å². The minimum absolute atomic E-state index is 0.00319. The molecule has 1 amide bonds. The molecule has 3 aromatic heterocycles. The fraction of sp³-hybridized carbons (Fsp3) is 0.364. The van der Waals surface area contributed by atoms with Crippen LogP contribution in [0.1, 0.15) is 37.6 Å². The third-order valence-electron chi connectivity index (χ3n) is 4.98. The fourth-order valence-electron chi connectivity index (χ4n) is 3.26. The van der Waals surface area contributed by atoms with Crippen molar-refractivity contribution in [1.29, 1.82) is 0 Å². The summed E-state index contributed by atoms with van der Waals surface area (Å²) >= 11 is 1.66. The zero-order valence-electron chi connectivity index (χ0n) is 17.0. The van der Waals surface area contributed by atoms with Gasteiger partial charge >= 0.3 is 0 Å². The molecule has 29 heavy (non-hydrogen) atoms. The minimum atomic E-state index is -0.442. The van der Waals surface area contributed by atoms with Crippen molar-refractivity contribution in [3.8, 4) is 10.7 Å². The number of nitrogens with one attached hydrogen (secondary N) is 1. The highest BCUT2D eigenvalue weighted by atomic mass is 32.1. The van der Waals surface area contributed by atoms with Crippen molar-refractivity contribution < 1.29 is 4.79 Å². The predicted molar refractivity (Wildman–Crippen MR) is 115 cm³/mol. The van der Waals surface area contributed by atoms with E-state index in [1.165, 1.54) is 5.56 Å². The van der Waals surface area contributed by atoms with Crippen LogP contribution in [0.4, 0.5) is 5.69 Å². The molecule has 150 valence electrons. The molecule has 0 atom stereocenters. The first-order valence-corrected chi connectivity index (χ1v) is 10.6. The van der Waals surface area contributed by atoms with Crippen molar-refractivity contribution in [3.05, 3.63) is 59.0 Å². The Labute approximate surface area is 175 Å². The Bertz CT molecular complexity index is 1010. The van der Waals surface area contributed by atoms with Gasteiger partial charge in [0.05, 0.1) is 10.6 Å². The molecule has 0 bridgehead atoms. The maximum atomic E-state index is 12.4. The number of carbonyl (C=O) groups is 1. The van der Waals surface area contributed by atoms with Gasteiger partial charge in [-0.25, -0.2) is 9.97 Å². The van der Waals surface area contributed by atoms with Crippen LogP contribution in [0, 0.1) is 5.41 Å². The molecule has 0 radical (unpaired) electrons. The van der Waals surface area contributed by atoms with E-state index >= 15 is 0 Å². The predicted octanol–water partition coefficient (Wildman–Crippen LogP) is 4.14. The van der Waals surface area contributed by atoms with Crippen LogP contribution in [0.2, 0.25) is 0 Å². The number of carbonyl (C=O) groups excluding carboxylic acids is 1. The molecule has 1 aliphatic heterocycles. The number of anilines is 1. The summed E-state index contributed by atoms with van der Waals surface area (Å²) < 4.78 is 0. The van der Waals surface area contributed by atoms with Gasteiger partial charge in [0.25, 0.3) is 0 Å². The Kier molecular flexibility index (Phi) is 5.43. The van der Waals surface area contributed by atoms with E-state index in [0.29, 0.717) is 0 Å². The topological polar surface area (TPSA) is 71.0 Å². The largest absolute Gasteiger partial charge is 0.325 e. The van der Waals surface area contributed by atoms with E-state index in [2.05, 4.69) is 26.3 Å². The monoisotopic (exact) mass is 407 g/mol. The Morgan fingerprint density at radius 2 is 2.14 bits per heavy atom. The van der Waals surface area contributed by atoms with E-state index in [1.807, 2.05) is 50.7 Å². The summed E-state index contributed by atoms with van der Waals surface area (Å²) in [6.07, 6.45) is 6.40. The first kappa shape index (κ1) is 19.7. The van der Waals surface area contributed by atoms with Crippen LogP contribution in [0.3, 0.4) is 0 Å². The average Bonchev–Trinajstić information content (AvgIpc) is 3.23. The van der Waals surface area contributed by atoms with Crippen molar-refractivity contribution in [3.63, 3.8) is 0 Å². The number of hydrogen-bond donors (Lipinski definition) is 1. The quantitative estimate of drug-likeness (QED) is 0.704. The van der Waals surface area contributed by atoms with Crippen molar-refractivity contribution in [2.24, 2.45) is 5.41 Å². The molecule has 0 saturated carbocycles. The second kappa shape index (κ2) is 8.00. The molecule has 3 aromatic rings. The molecular formula is C22H25N5OS. The van der Waals surface area contributed by atoms with Crippen molar-refractivity contribution in [1.82, 2.24) is 19.9 Å². The van der Waals surface area contributed by atoms with E-state index in [9.17, 15) is 4.79 Å². The molecule has 4 heterocycles. The number of nitrogens with zero attached hydrogens (tertiary/aromatic N) is 4. The summed E-state index contributed by atoms with van der Waals surface area (Å²) in [5.74, 6) is 0.815. The number of thiophene rings is 1. The first-order chi connectivity index (χ1) is 13.9. The lowest BCUT2D eigenvalue weighted by molar-refractivity contribution is -0.123. The number of aromatic nitrogens is 3. The number of pyridine rings is 1. The highest BCUT2D eigenvalue weighted by molar-refractivity contribution is 7.13. The van der Waals surface area contributed by atoms with Crippen LogP contribution in [0.25, 0.3) is 10.7 Å². The van der Waals surface area contributed by atoms with Crippen LogP contribution in [0.15, 0.2) is 42.2 Å². The van der Waals surface area contributed by atoms with E-state index in [0.717, 1.165) is 53.7 Å². The molecule has 7 heteroatoms. The first-order valence-electron chi connectivity index (χ1n) is 9.75. The van der Waals surface area contributed by atoms with Crippen LogP contribution in [-0.4, -0.2) is 32.3 Å². The van der Waals surface area contributed by atoms with E-state index in [-0.39, 0.29) is 5.91 Å². The second-order valence-electron chi connectivity index (χ2n) is 8.34. The van der Waals surface area contributed by atoms with Gasteiger partial charge in [-0.05, 0) is 17.5 Å². The standard InChI is InChI=1S/C22H25N5OS/c1-22(2,3)21(28)26-17-6-8-23-11-15(17)13-27-9-7-18-16(14-27)12-24-20(25-18)19-5-4-10-29-19/h4-6,8,10-12H,7,9,13-14H2,1-3H3,(H,23,26,28).